The first-order valence-electron chi connectivity index (χ1n) is 7.67. The van der Waals surface area contributed by atoms with Gasteiger partial charge in [0.15, 0.2) is 0 Å². The van der Waals surface area contributed by atoms with Gasteiger partial charge in [-0.1, -0.05) is 0 Å². The minimum absolute atomic E-state index is 0.0619. The Morgan fingerprint density at radius 2 is 2.05 bits per heavy atom. The van der Waals surface area contributed by atoms with Crippen LogP contribution in [0.5, 0.6) is 0 Å². The molecular formula is C16H23N3O. The summed E-state index contributed by atoms with van der Waals surface area (Å²) in [7, 11) is 0. The molecule has 2 heterocycles. The van der Waals surface area contributed by atoms with Crippen molar-refractivity contribution in [3.05, 3.63) is 29.8 Å². The lowest BCUT2D eigenvalue weighted by molar-refractivity contribution is 0.0929. The fourth-order valence-electron chi connectivity index (χ4n) is 3.45. The second-order valence-electron chi connectivity index (χ2n) is 5.72. The molecule has 20 heavy (non-hydrogen) atoms. The van der Waals surface area contributed by atoms with Gasteiger partial charge in [0, 0.05) is 36.4 Å². The number of nitrogens with zero attached hydrogens (tertiary/aromatic N) is 1. The molecule has 2 aliphatic heterocycles. The van der Waals surface area contributed by atoms with Gasteiger partial charge in [0.25, 0.3) is 5.91 Å². The maximum atomic E-state index is 12.3. The van der Waals surface area contributed by atoms with Crippen molar-refractivity contribution in [2.75, 3.05) is 25.0 Å². The summed E-state index contributed by atoms with van der Waals surface area (Å²) in [5.74, 6) is 0.0619. The number of carbonyl (C=O) groups excluding carboxylic acids is 1. The zero-order valence-electron chi connectivity index (χ0n) is 12.1. The molecule has 0 saturated carbocycles. The van der Waals surface area contributed by atoms with Gasteiger partial charge in [-0.15, -0.1) is 0 Å². The molecule has 4 heteroatoms. The van der Waals surface area contributed by atoms with E-state index in [4.69, 9.17) is 0 Å². The van der Waals surface area contributed by atoms with Gasteiger partial charge in [-0.25, -0.2) is 0 Å². The van der Waals surface area contributed by atoms with Gasteiger partial charge >= 0.3 is 0 Å². The molecule has 2 atom stereocenters. The lowest BCUT2D eigenvalue weighted by Crippen LogP contribution is -2.42. The molecule has 2 aliphatic rings. The van der Waals surface area contributed by atoms with Crippen LogP contribution in [0.2, 0.25) is 0 Å². The zero-order chi connectivity index (χ0) is 13.9. The third kappa shape index (κ3) is 2.66. The molecule has 0 aliphatic carbocycles. The number of nitrogens with one attached hydrogen (secondary N) is 2. The highest BCUT2D eigenvalue weighted by Crippen LogP contribution is 2.28. The summed E-state index contributed by atoms with van der Waals surface area (Å²) in [6, 6.07) is 8.63. The number of hydrogen-bond donors (Lipinski definition) is 2. The molecule has 108 valence electrons. The van der Waals surface area contributed by atoms with Crippen molar-refractivity contribution < 1.29 is 4.79 Å². The van der Waals surface area contributed by atoms with Gasteiger partial charge in [-0.05, 0) is 57.0 Å². The van der Waals surface area contributed by atoms with Crippen molar-refractivity contribution in [1.29, 1.82) is 0 Å². The van der Waals surface area contributed by atoms with Gasteiger partial charge < -0.3 is 10.6 Å². The zero-order valence-corrected chi connectivity index (χ0v) is 12.1. The van der Waals surface area contributed by atoms with E-state index in [0.29, 0.717) is 12.1 Å². The predicted molar refractivity (Wildman–Crippen MR) is 81.1 cm³/mol. The van der Waals surface area contributed by atoms with Crippen molar-refractivity contribution in [2.24, 2.45) is 0 Å². The van der Waals surface area contributed by atoms with Gasteiger partial charge in [-0.2, -0.15) is 0 Å². The van der Waals surface area contributed by atoms with Crippen LogP contribution in [0.1, 0.15) is 36.5 Å². The van der Waals surface area contributed by atoms with Gasteiger partial charge in [0.2, 0.25) is 0 Å². The van der Waals surface area contributed by atoms with Crippen LogP contribution < -0.4 is 10.6 Å². The first-order chi connectivity index (χ1) is 9.78. The van der Waals surface area contributed by atoms with Crippen molar-refractivity contribution in [1.82, 2.24) is 10.2 Å². The Morgan fingerprint density at radius 1 is 1.25 bits per heavy atom. The number of amides is 1. The molecule has 4 nitrogen and oxygen atoms in total. The predicted octanol–water partition coefficient (Wildman–Crippen LogP) is 2.08. The fraction of sp³-hybridized carbons (Fsp3) is 0.562. The Bertz CT molecular complexity index is 471. The highest BCUT2D eigenvalue weighted by atomic mass is 16.1. The van der Waals surface area contributed by atoms with Crippen molar-refractivity contribution >= 4 is 11.6 Å². The van der Waals surface area contributed by atoms with E-state index in [-0.39, 0.29) is 5.91 Å². The van der Waals surface area contributed by atoms with Crippen LogP contribution in [0, 0.1) is 0 Å². The third-order valence-electron chi connectivity index (χ3n) is 4.45. The van der Waals surface area contributed by atoms with Crippen LogP contribution in [0.25, 0.3) is 0 Å². The number of benzene rings is 1. The maximum absolute atomic E-state index is 12.3. The van der Waals surface area contributed by atoms with Gasteiger partial charge in [-0.3, -0.25) is 9.69 Å². The topological polar surface area (TPSA) is 44.4 Å². The van der Waals surface area contributed by atoms with E-state index in [1.54, 1.807) is 0 Å². The number of anilines is 1. The second kappa shape index (κ2) is 5.83. The fourth-order valence-corrected chi connectivity index (χ4v) is 3.45. The molecule has 3 rings (SSSR count). The Kier molecular flexibility index (Phi) is 3.92. The monoisotopic (exact) mass is 273 g/mol. The van der Waals surface area contributed by atoms with Crippen LogP contribution in [-0.4, -0.2) is 42.5 Å². The Hall–Kier alpha value is -1.55. The Morgan fingerprint density at radius 3 is 2.80 bits per heavy atom. The number of rotatable bonds is 4. The average Bonchev–Trinajstić information content (AvgIpc) is 3.05. The normalized spacial score (nSPS) is 25.4. The maximum Gasteiger partial charge on any atom is 0.251 e. The van der Waals surface area contributed by atoms with Crippen LogP contribution >= 0.6 is 0 Å². The molecule has 2 unspecified atom stereocenters. The number of hydrogen-bond acceptors (Lipinski definition) is 3. The molecular weight excluding hydrogens is 250 g/mol. The molecule has 1 aromatic carbocycles. The molecule has 2 fully saturated rings. The average molecular weight is 273 g/mol. The third-order valence-corrected chi connectivity index (χ3v) is 4.45. The molecule has 1 aromatic rings. The second-order valence-corrected chi connectivity index (χ2v) is 5.72. The number of fused-ring (bicyclic) bond motifs is 1. The highest BCUT2D eigenvalue weighted by molar-refractivity contribution is 5.94. The summed E-state index contributed by atoms with van der Waals surface area (Å²) in [6.07, 6.45) is 3.59. The van der Waals surface area contributed by atoms with Crippen LogP contribution in [0.3, 0.4) is 0 Å². The molecule has 2 N–H and O–H groups in total. The summed E-state index contributed by atoms with van der Waals surface area (Å²) in [6.45, 7) is 5.29. The van der Waals surface area contributed by atoms with E-state index in [2.05, 4.69) is 22.5 Å². The van der Waals surface area contributed by atoms with Crippen molar-refractivity contribution in [3.8, 4) is 0 Å². The SMILES string of the molecule is CCNc1ccc(C(=O)NC2CCN3CCCC23)cc1. The van der Waals surface area contributed by atoms with Crippen molar-refractivity contribution in [3.63, 3.8) is 0 Å². The molecule has 0 bridgehead atoms. The van der Waals surface area contributed by atoms with E-state index in [9.17, 15) is 4.79 Å². The van der Waals surface area contributed by atoms with Gasteiger partial charge in [0.05, 0.1) is 0 Å². The minimum atomic E-state index is 0.0619. The van der Waals surface area contributed by atoms with E-state index >= 15 is 0 Å². The molecule has 2 saturated heterocycles. The quantitative estimate of drug-likeness (QED) is 0.883. The van der Waals surface area contributed by atoms with Crippen LogP contribution in [-0.2, 0) is 0 Å². The van der Waals surface area contributed by atoms with E-state index in [1.165, 1.54) is 19.4 Å². The van der Waals surface area contributed by atoms with E-state index in [1.807, 2.05) is 24.3 Å². The standard InChI is InChI=1S/C16H23N3O/c1-2-17-13-7-5-12(6-8-13)16(20)18-14-9-11-19-10-3-4-15(14)19/h5-8,14-15,17H,2-4,9-11H2,1H3,(H,18,20). The van der Waals surface area contributed by atoms with E-state index < -0.39 is 0 Å². The first kappa shape index (κ1) is 13.4. The van der Waals surface area contributed by atoms with Crippen LogP contribution in [0.15, 0.2) is 24.3 Å². The van der Waals surface area contributed by atoms with Crippen molar-refractivity contribution in [2.45, 2.75) is 38.3 Å². The molecule has 0 spiro atoms. The minimum Gasteiger partial charge on any atom is -0.385 e. The summed E-state index contributed by atoms with van der Waals surface area (Å²) in [4.78, 5) is 14.8. The largest absolute Gasteiger partial charge is 0.385 e. The smallest absolute Gasteiger partial charge is 0.251 e. The van der Waals surface area contributed by atoms with Crippen LogP contribution in [0.4, 0.5) is 5.69 Å². The van der Waals surface area contributed by atoms with E-state index in [0.717, 1.165) is 30.8 Å². The summed E-state index contributed by atoms with van der Waals surface area (Å²) in [5, 5.41) is 6.46. The summed E-state index contributed by atoms with van der Waals surface area (Å²) in [5.41, 5.74) is 1.81. The van der Waals surface area contributed by atoms with Gasteiger partial charge in [0.1, 0.15) is 0 Å². The Balaban J connectivity index is 1.61. The lowest BCUT2D eigenvalue weighted by atomic mass is 10.1. The first-order valence-corrected chi connectivity index (χ1v) is 7.67. The molecule has 1 amide bonds. The summed E-state index contributed by atoms with van der Waals surface area (Å²) < 4.78 is 0. The lowest BCUT2D eigenvalue weighted by Gasteiger charge is -2.21. The molecule has 0 aromatic heterocycles. The number of carbonyl (C=O) groups is 1. The summed E-state index contributed by atoms with van der Waals surface area (Å²) >= 11 is 0. The highest BCUT2D eigenvalue weighted by Gasteiger charge is 2.37. The molecule has 0 radical (unpaired) electrons. The Labute approximate surface area is 120 Å².